The van der Waals surface area contributed by atoms with Gasteiger partial charge in [0.25, 0.3) is 0 Å². The largest absolute Gasteiger partial charge is 0.412 e. The van der Waals surface area contributed by atoms with Gasteiger partial charge in [0.2, 0.25) is 0 Å². The van der Waals surface area contributed by atoms with Crippen LogP contribution in [0.1, 0.15) is 5.56 Å². The second kappa shape index (κ2) is 6.85. The van der Waals surface area contributed by atoms with Crippen molar-refractivity contribution in [1.29, 1.82) is 0 Å². The summed E-state index contributed by atoms with van der Waals surface area (Å²) in [5.74, 6) is 0.540. The van der Waals surface area contributed by atoms with Crippen molar-refractivity contribution in [3.05, 3.63) is 60.2 Å². The lowest BCUT2D eigenvalue weighted by Crippen LogP contribution is -2.26. The Kier molecular flexibility index (Phi) is 4.86. The summed E-state index contributed by atoms with van der Waals surface area (Å²) in [4.78, 5) is 12.8. The van der Waals surface area contributed by atoms with Gasteiger partial charge in [-0.2, -0.15) is 0 Å². The third-order valence-corrected chi connectivity index (χ3v) is 3.41. The van der Waals surface area contributed by atoms with Gasteiger partial charge in [-0.25, -0.2) is 4.79 Å². The first-order valence-electron chi connectivity index (χ1n) is 5.92. The van der Waals surface area contributed by atoms with Crippen LogP contribution in [0.25, 0.3) is 0 Å². The Morgan fingerprint density at radius 3 is 2.53 bits per heavy atom. The summed E-state index contributed by atoms with van der Waals surface area (Å²) in [5.41, 5.74) is 1.08. The highest BCUT2D eigenvalue weighted by Crippen LogP contribution is 2.19. The highest BCUT2D eigenvalue weighted by Gasteiger charge is 2.05. The van der Waals surface area contributed by atoms with Crippen LogP contribution in [0, 0.1) is 0 Å². The van der Waals surface area contributed by atoms with E-state index in [1.54, 1.807) is 23.9 Å². The van der Waals surface area contributed by atoms with Crippen LogP contribution in [-0.2, 0) is 6.54 Å². The van der Waals surface area contributed by atoms with E-state index in [0.717, 1.165) is 10.5 Å². The standard InChI is InChI=1S/C15H15NO2S/c1-19-14-10-6-5-7-12(14)11-16-15(17)18-13-8-3-2-4-9-13/h2-10H,11H2,1H3,(H,16,17). The maximum atomic E-state index is 11.6. The molecule has 0 aliphatic heterocycles. The molecule has 0 aliphatic rings. The van der Waals surface area contributed by atoms with Crippen molar-refractivity contribution < 1.29 is 9.53 Å². The summed E-state index contributed by atoms with van der Waals surface area (Å²) in [7, 11) is 0. The maximum absolute atomic E-state index is 11.6. The maximum Gasteiger partial charge on any atom is 0.412 e. The normalized spacial score (nSPS) is 9.95. The summed E-state index contributed by atoms with van der Waals surface area (Å²) >= 11 is 1.66. The van der Waals surface area contributed by atoms with Gasteiger partial charge in [0.05, 0.1) is 0 Å². The van der Waals surface area contributed by atoms with Crippen molar-refractivity contribution in [1.82, 2.24) is 5.32 Å². The van der Waals surface area contributed by atoms with Crippen molar-refractivity contribution in [3.63, 3.8) is 0 Å². The third-order valence-electron chi connectivity index (χ3n) is 2.57. The average Bonchev–Trinajstić information content (AvgIpc) is 2.46. The van der Waals surface area contributed by atoms with Crippen LogP contribution in [0.4, 0.5) is 4.79 Å². The number of amides is 1. The molecule has 98 valence electrons. The molecule has 0 aromatic heterocycles. The van der Waals surface area contributed by atoms with Gasteiger partial charge in [-0.1, -0.05) is 36.4 Å². The van der Waals surface area contributed by atoms with Gasteiger partial charge < -0.3 is 10.1 Å². The summed E-state index contributed by atoms with van der Waals surface area (Å²) in [6.07, 6.45) is 1.57. The van der Waals surface area contributed by atoms with Crippen LogP contribution in [0.3, 0.4) is 0 Å². The van der Waals surface area contributed by atoms with Gasteiger partial charge in [-0.3, -0.25) is 0 Å². The molecule has 2 aromatic carbocycles. The summed E-state index contributed by atoms with van der Waals surface area (Å²) in [5, 5.41) is 2.75. The monoisotopic (exact) mass is 273 g/mol. The van der Waals surface area contributed by atoms with E-state index in [2.05, 4.69) is 5.32 Å². The van der Waals surface area contributed by atoms with Crippen LogP contribution in [0.5, 0.6) is 5.75 Å². The molecule has 0 radical (unpaired) electrons. The molecule has 4 heteroatoms. The number of rotatable bonds is 4. The molecule has 0 fully saturated rings. The van der Waals surface area contributed by atoms with Crippen LogP contribution >= 0.6 is 11.8 Å². The Morgan fingerprint density at radius 1 is 1.11 bits per heavy atom. The van der Waals surface area contributed by atoms with Gasteiger partial charge >= 0.3 is 6.09 Å². The minimum Gasteiger partial charge on any atom is -0.410 e. The zero-order chi connectivity index (χ0) is 13.5. The lowest BCUT2D eigenvalue weighted by atomic mass is 10.2. The topological polar surface area (TPSA) is 38.3 Å². The molecule has 3 nitrogen and oxygen atoms in total. The number of carbonyl (C=O) groups is 1. The lowest BCUT2D eigenvalue weighted by molar-refractivity contribution is 0.200. The molecule has 1 amide bonds. The van der Waals surface area contributed by atoms with Gasteiger partial charge in [0, 0.05) is 11.4 Å². The Hall–Kier alpha value is -1.94. The minimum absolute atomic E-state index is 0.442. The van der Waals surface area contributed by atoms with Crippen LogP contribution in [0.2, 0.25) is 0 Å². The number of benzene rings is 2. The summed E-state index contributed by atoms with van der Waals surface area (Å²) < 4.78 is 5.15. The first kappa shape index (κ1) is 13.5. The fourth-order valence-electron chi connectivity index (χ4n) is 1.65. The van der Waals surface area contributed by atoms with Gasteiger partial charge in [-0.15, -0.1) is 11.8 Å². The van der Waals surface area contributed by atoms with E-state index in [-0.39, 0.29) is 0 Å². The molecule has 0 unspecified atom stereocenters. The number of thioether (sulfide) groups is 1. The molecule has 0 saturated heterocycles. The number of ether oxygens (including phenoxy) is 1. The van der Waals surface area contributed by atoms with Crippen molar-refractivity contribution >= 4 is 17.9 Å². The number of hydrogen-bond donors (Lipinski definition) is 1. The second-order valence-electron chi connectivity index (χ2n) is 3.87. The van der Waals surface area contributed by atoms with E-state index in [9.17, 15) is 4.79 Å². The molecule has 0 heterocycles. The first-order valence-corrected chi connectivity index (χ1v) is 7.14. The smallest absolute Gasteiger partial charge is 0.410 e. The molecule has 0 saturated carbocycles. The first-order chi connectivity index (χ1) is 9.29. The Morgan fingerprint density at radius 2 is 1.79 bits per heavy atom. The average molecular weight is 273 g/mol. The van der Waals surface area contributed by atoms with E-state index >= 15 is 0 Å². The molecule has 2 aromatic rings. The molecular weight excluding hydrogens is 258 g/mol. The van der Waals surface area contributed by atoms with Crippen molar-refractivity contribution in [3.8, 4) is 5.75 Å². The number of nitrogens with one attached hydrogen (secondary N) is 1. The molecule has 0 bridgehead atoms. The molecule has 2 rings (SSSR count). The van der Waals surface area contributed by atoms with E-state index in [1.807, 2.05) is 48.7 Å². The number of hydrogen-bond acceptors (Lipinski definition) is 3. The number of para-hydroxylation sites is 1. The van der Waals surface area contributed by atoms with Gasteiger partial charge in [0.15, 0.2) is 0 Å². The van der Waals surface area contributed by atoms with Crippen LogP contribution in [0.15, 0.2) is 59.5 Å². The zero-order valence-corrected chi connectivity index (χ0v) is 11.4. The van der Waals surface area contributed by atoms with E-state index in [4.69, 9.17) is 4.74 Å². The minimum atomic E-state index is -0.442. The lowest BCUT2D eigenvalue weighted by Gasteiger charge is -2.09. The highest BCUT2D eigenvalue weighted by atomic mass is 32.2. The Balaban J connectivity index is 1.90. The summed E-state index contributed by atoms with van der Waals surface area (Å²) in [6, 6.07) is 17.0. The van der Waals surface area contributed by atoms with E-state index in [1.165, 1.54) is 0 Å². The quantitative estimate of drug-likeness (QED) is 0.863. The fraction of sp³-hybridized carbons (Fsp3) is 0.133. The van der Waals surface area contributed by atoms with Crippen molar-refractivity contribution in [2.24, 2.45) is 0 Å². The van der Waals surface area contributed by atoms with Gasteiger partial charge in [0.1, 0.15) is 5.75 Å². The fourth-order valence-corrected chi connectivity index (χ4v) is 2.27. The molecule has 1 N–H and O–H groups in total. The molecule has 0 atom stereocenters. The zero-order valence-electron chi connectivity index (χ0n) is 10.6. The predicted octanol–water partition coefficient (Wildman–Crippen LogP) is 3.70. The molecule has 19 heavy (non-hydrogen) atoms. The van der Waals surface area contributed by atoms with E-state index in [0.29, 0.717) is 12.3 Å². The molecule has 0 spiro atoms. The summed E-state index contributed by atoms with van der Waals surface area (Å²) in [6.45, 7) is 0.461. The van der Waals surface area contributed by atoms with Crippen molar-refractivity contribution in [2.75, 3.05) is 6.26 Å². The SMILES string of the molecule is CSc1ccccc1CNC(=O)Oc1ccccc1. The van der Waals surface area contributed by atoms with Gasteiger partial charge in [-0.05, 0) is 30.0 Å². The Labute approximate surface area is 117 Å². The second-order valence-corrected chi connectivity index (χ2v) is 4.72. The van der Waals surface area contributed by atoms with E-state index < -0.39 is 6.09 Å². The van der Waals surface area contributed by atoms with Crippen molar-refractivity contribution in [2.45, 2.75) is 11.4 Å². The molecule has 0 aliphatic carbocycles. The predicted molar refractivity (Wildman–Crippen MR) is 77.5 cm³/mol. The Bertz CT molecular complexity index is 543. The highest BCUT2D eigenvalue weighted by molar-refractivity contribution is 7.98. The van der Waals surface area contributed by atoms with Crippen LogP contribution < -0.4 is 10.1 Å². The van der Waals surface area contributed by atoms with Crippen LogP contribution in [-0.4, -0.2) is 12.3 Å². The molecular formula is C15H15NO2S. The third kappa shape index (κ3) is 4.03. The number of carbonyl (C=O) groups excluding carboxylic acids is 1.